The van der Waals surface area contributed by atoms with Gasteiger partial charge in [-0.15, -0.1) is 0 Å². The van der Waals surface area contributed by atoms with Crippen LogP contribution in [-0.4, -0.2) is 65.4 Å². The number of urea groups is 1. The summed E-state index contributed by atoms with van der Waals surface area (Å²) in [6, 6.07) is 5.60. The summed E-state index contributed by atoms with van der Waals surface area (Å²) in [5.41, 5.74) is 1.82. The van der Waals surface area contributed by atoms with Gasteiger partial charge >= 0.3 is 6.03 Å². The minimum Gasteiger partial charge on any atom is -0.389 e. The van der Waals surface area contributed by atoms with Crippen molar-refractivity contribution < 1.29 is 14.6 Å². The molecule has 0 saturated heterocycles. The van der Waals surface area contributed by atoms with Crippen LogP contribution in [-0.2, 0) is 11.2 Å². The zero-order valence-electron chi connectivity index (χ0n) is 12.9. The molecule has 2 rings (SSSR count). The second-order valence-electron chi connectivity index (χ2n) is 5.17. The Morgan fingerprint density at radius 3 is 3.09 bits per heavy atom. The van der Waals surface area contributed by atoms with Crippen molar-refractivity contribution >= 4 is 11.7 Å². The maximum absolute atomic E-state index is 11.9. The molecule has 2 heterocycles. The lowest BCUT2D eigenvalue weighted by Gasteiger charge is -2.20. The van der Waals surface area contributed by atoms with Crippen LogP contribution in [0.4, 0.5) is 4.79 Å². The normalized spacial score (nSPS) is 12.3. The van der Waals surface area contributed by atoms with Gasteiger partial charge in [0.2, 0.25) is 0 Å². The number of likely N-dealkylation sites (N-methyl/N-ethyl adjacent to an activating group) is 1. The highest BCUT2D eigenvalue weighted by Gasteiger charge is 2.13. The van der Waals surface area contributed by atoms with E-state index >= 15 is 0 Å². The number of hydrogen-bond donors (Lipinski definition) is 2. The summed E-state index contributed by atoms with van der Waals surface area (Å²) in [7, 11) is 3.15. The summed E-state index contributed by atoms with van der Waals surface area (Å²) in [6.45, 7) is 0.931. The lowest BCUT2D eigenvalue weighted by atomic mass is 10.3. The van der Waals surface area contributed by atoms with Crippen LogP contribution in [0, 0.1) is 0 Å². The number of hydrogen-bond acceptors (Lipinski definition) is 4. The molecule has 2 N–H and O–H groups in total. The molecular formula is C15H22N4O3. The number of amides is 2. The number of aliphatic hydroxyl groups is 1. The van der Waals surface area contributed by atoms with Gasteiger partial charge in [-0.2, -0.15) is 0 Å². The van der Waals surface area contributed by atoms with Gasteiger partial charge in [0.25, 0.3) is 0 Å². The van der Waals surface area contributed by atoms with Crippen LogP contribution in [0.1, 0.15) is 5.69 Å². The van der Waals surface area contributed by atoms with Gasteiger partial charge in [-0.1, -0.05) is 6.07 Å². The zero-order valence-corrected chi connectivity index (χ0v) is 12.9. The molecule has 22 heavy (non-hydrogen) atoms. The molecule has 0 aliphatic rings. The summed E-state index contributed by atoms with van der Waals surface area (Å²) in [6.07, 6.45) is 3.87. The molecule has 7 heteroatoms. The van der Waals surface area contributed by atoms with Gasteiger partial charge in [0.05, 0.1) is 24.9 Å². The molecule has 0 aliphatic carbocycles. The Hall–Kier alpha value is -2.12. The molecule has 2 aromatic heterocycles. The Morgan fingerprint density at radius 1 is 1.55 bits per heavy atom. The first-order valence-electron chi connectivity index (χ1n) is 7.18. The summed E-state index contributed by atoms with van der Waals surface area (Å²) < 4.78 is 6.78. The van der Waals surface area contributed by atoms with E-state index in [1.165, 1.54) is 12.0 Å². The molecule has 7 nitrogen and oxygen atoms in total. The molecule has 0 saturated carbocycles. The van der Waals surface area contributed by atoms with Crippen molar-refractivity contribution in [1.29, 1.82) is 0 Å². The number of nitrogens with zero attached hydrogens (tertiary/aromatic N) is 3. The van der Waals surface area contributed by atoms with Gasteiger partial charge in [0.15, 0.2) is 0 Å². The molecule has 0 aromatic carbocycles. The highest BCUT2D eigenvalue weighted by atomic mass is 16.5. The molecule has 0 aliphatic heterocycles. The second-order valence-corrected chi connectivity index (χ2v) is 5.17. The van der Waals surface area contributed by atoms with E-state index in [2.05, 4.69) is 10.3 Å². The highest BCUT2D eigenvalue weighted by Crippen LogP contribution is 2.04. The van der Waals surface area contributed by atoms with Crippen LogP contribution in [0.15, 0.2) is 30.6 Å². The largest absolute Gasteiger partial charge is 0.389 e. The molecule has 0 unspecified atom stereocenters. The Kier molecular flexibility index (Phi) is 5.74. The van der Waals surface area contributed by atoms with Crippen LogP contribution < -0.4 is 5.32 Å². The van der Waals surface area contributed by atoms with Crippen molar-refractivity contribution in [3.63, 3.8) is 0 Å². The number of fused-ring (bicyclic) bond motifs is 1. The van der Waals surface area contributed by atoms with E-state index in [1.54, 1.807) is 7.05 Å². The third kappa shape index (κ3) is 4.44. The van der Waals surface area contributed by atoms with E-state index < -0.39 is 6.10 Å². The maximum atomic E-state index is 11.9. The molecule has 2 aromatic rings. The summed E-state index contributed by atoms with van der Waals surface area (Å²) >= 11 is 0. The molecule has 0 spiro atoms. The average molecular weight is 306 g/mol. The van der Waals surface area contributed by atoms with Crippen molar-refractivity contribution in [1.82, 2.24) is 19.6 Å². The van der Waals surface area contributed by atoms with E-state index in [-0.39, 0.29) is 19.2 Å². The predicted molar refractivity (Wildman–Crippen MR) is 82.8 cm³/mol. The molecule has 2 amide bonds. The number of methoxy groups -OCH3 is 1. The number of carbonyl (C=O) groups is 1. The van der Waals surface area contributed by atoms with Gasteiger partial charge in [-0.25, -0.2) is 9.78 Å². The zero-order chi connectivity index (χ0) is 15.9. The highest BCUT2D eigenvalue weighted by molar-refractivity contribution is 5.73. The standard InChI is InChI=1S/C15H22N4O3/c1-18(10-13(20)11-22-2)15(21)16-7-6-12-9-19-8-4-3-5-14(19)17-12/h3-5,8-9,13,20H,6-7,10-11H2,1-2H3,(H,16,21)/t13-/m1/s1. The van der Waals surface area contributed by atoms with Crippen LogP contribution in [0.25, 0.3) is 5.65 Å². The third-order valence-electron chi connectivity index (χ3n) is 3.26. The number of aliphatic hydroxyl groups excluding tert-OH is 1. The van der Waals surface area contributed by atoms with Crippen LogP contribution >= 0.6 is 0 Å². The third-order valence-corrected chi connectivity index (χ3v) is 3.26. The Morgan fingerprint density at radius 2 is 2.36 bits per heavy atom. The smallest absolute Gasteiger partial charge is 0.317 e. The van der Waals surface area contributed by atoms with Crippen LogP contribution in [0.2, 0.25) is 0 Å². The van der Waals surface area contributed by atoms with Gasteiger partial charge in [0, 0.05) is 39.5 Å². The fourth-order valence-corrected chi connectivity index (χ4v) is 2.18. The fraction of sp³-hybridized carbons (Fsp3) is 0.467. The predicted octanol–water partition coefficient (Wildman–Crippen LogP) is 0.526. The summed E-state index contributed by atoms with van der Waals surface area (Å²) in [5.74, 6) is 0. The topological polar surface area (TPSA) is 79.1 Å². The molecule has 0 fully saturated rings. The number of nitrogens with one attached hydrogen (secondary N) is 1. The van der Waals surface area contributed by atoms with Gasteiger partial charge in [-0.3, -0.25) is 0 Å². The van der Waals surface area contributed by atoms with E-state index in [1.807, 2.05) is 35.0 Å². The van der Waals surface area contributed by atoms with Crippen molar-refractivity contribution in [2.45, 2.75) is 12.5 Å². The Balaban J connectivity index is 1.76. The Bertz CT molecular complexity index is 581. The van der Waals surface area contributed by atoms with Crippen molar-refractivity contribution in [2.75, 3.05) is 33.9 Å². The lowest BCUT2D eigenvalue weighted by molar-refractivity contribution is 0.0490. The van der Waals surface area contributed by atoms with Gasteiger partial charge in [-0.05, 0) is 12.1 Å². The van der Waals surface area contributed by atoms with Crippen molar-refractivity contribution in [3.05, 3.63) is 36.3 Å². The molecule has 0 bridgehead atoms. The Labute approximate surface area is 129 Å². The van der Waals surface area contributed by atoms with Crippen LogP contribution in [0.5, 0.6) is 0 Å². The molecule has 0 radical (unpaired) electrons. The van der Waals surface area contributed by atoms with Gasteiger partial charge in [0.1, 0.15) is 5.65 Å². The number of pyridine rings is 1. The summed E-state index contributed by atoms with van der Waals surface area (Å²) in [5, 5.41) is 12.4. The minimum atomic E-state index is -0.681. The minimum absolute atomic E-state index is 0.207. The first kappa shape index (κ1) is 16.3. The molecular weight excluding hydrogens is 284 g/mol. The van der Waals surface area contributed by atoms with E-state index in [0.717, 1.165) is 11.3 Å². The first-order valence-corrected chi connectivity index (χ1v) is 7.18. The summed E-state index contributed by atoms with van der Waals surface area (Å²) in [4.78, 5) is 17.8. The monoisotopic (exact) mass is 306 g/mol. The van der Waals surface area contributed by atoms with Crippen molar-refractivity contribution in [2.24, 2.45) is 0 Å². The van der Waals surface area contributed by atoms with Crippen molar-refractivity contribution in [3.8, 4) is 0 Å². The number of rotatable bonds is 7. The number of imidazole rings is 1. The molecule has 120 valence electrons. The van der Waals surface area contributed by atoms with Crippen LogP contribution in [0.3, 0.4) is 0 Å². The van der Waals surface area contributed by atoms with E-state index in [0.29, 0.717) is 13.0 Å². The first-order chi connectivity index (χ1) is 10.6. The van der Waals surface area contributed by atoms with E-state index in [4.69, 9.17) is 4.74 Å². The quantitative estimate of drug-likeness (QED) is 0.782. The lowest BCUT2D eigenvalue weighted by Crippen LogP contribution is -2.42. The molecule has 1 atom stereocenters. The second kappa shape index (κ2) is 7.77. The fourth-order valence-electron chi connectivity index (χ4n) is 2.18. The number of carbonyl (C=O) groups excluding carboxylic acids is 1. The van der Waals surface area contributed by atoms with E-state index in [9.17, 15) is 9.90 Å². The average Bonchev–Trinajstić information content (AvgIpc) is 2.89. The SMILES string of the molecule is COC[C@H](O)CN(C)C(=O)NCCc1cn2ccccc2n1. The number of aromatic nitrogens is 2. The number of ether oxygens (including phenoxy) is 1. The van der Waals surface area contributed by atoms with Gasteiger partial charge < -0.3 is 24.5 Å². The maximum Gasteiger partial charge on any atom is 0.317 e.